The van der Waals surface area contributed by atoms with E-state index in [0.717, 1.165) is 10.8 Å². The Morgan fingerprint density at radius 2 is 2.35 bits per heavy atom. The van der Waals surface area contributed by atoms with Crippen molar-refractivity contribution in [2.45, 2.75) is 13.5 Å². The molecule has 0 radical (unpaired) electrons. The summed E-state index contributed by atoms with van der Waals surface area (Å²) in [6.45, 7) is 2.69. The first-order chi connectivity index (χ1) is 8.31. The fraction of sp³-hybridized carbons (Fsp3) is 0.222. The molecule has 0 aliphatic carbocycles. The Bertz CT molecular complexity index is 643. The molecular formula is C9H9N7S. The molecular weight excluding hydrogens is 238 g/mol. The number of thiazole rings is 1. The number of fused-ring (bicyclic) bond motifs is 1. The van der Waals surface area contributed by atoms with E-state index in [0.29, 0.717) is 12.2 Å². The predicted octanol–water partition coefficient (Wildman–Crippen LogP) is 0.896. The van der Waals surface area contributed by atoms with Crippen LogP contribution in [0.5, 0.6) is 0 Å². The molecule has 8 heteroatoms. The number of nitrogens with one attached hydrogen (secondary N) is 1. The molecule has 0 saturated carbocycles. The summed E-state index contributed by atoms with van der Waals surface area (Å²) in [6.07, 6.45) is 1.86. The summed E-state index contributed by atoms with van der Waals surface area (Å²) in [5, 5.41) is 19.4. The molecule has 0 aliphatic heterocycles. The van der Waals surface area contributed by atoms with E-state index < -0.39 is 0 Å². The number of nitrogens with zero attached hydrogens (tertiary/aromatic N) is 6. The summed E-state index contributed by atoms with van der Waals surface area (Å²) in [5.41, 5.74) is 0.626. The van der Waals surface area contributed by atoms with Gasteiger partial charge in [0.1, 0.15) is 10.8 Å². The lowest BCUT2D eigenvalue weighted by Gasteiger charge is -2.01. The van der Waals surface area contributed by atoms with Crippen LogP contribution in [0.15, 0.2) is 18.3 Å². The largest absolute Gasteiger partial charge is 0.362 e. The van der Waals surface area contributed by atoms with Crippen LogP contribution in [0.1, 0.15) is 9.88 Å². The Kier molecular flexibility index (Phi) is 2.41. The molecule has 0 fully saturated rings. The van der Waals surface area contributed by atoms with E-state index in [2.05, 4.69) is 30.9 Å². The topological polar surface area (TPSA) is 80.9 Å². The van der Waals surface area contributed by atoms with Crippen molar-refractivity contribution in [2.75, 3.05) is 5.32 Å². The number of aromatic nitrogens is 6. The zero-order valence-corrected chi connectivity index (χ0v) is 9.85. The van der Waals surface area contributed by atoms with E-state index in [-0.39, 0.29) is 0 Å². The van der Waals surface area contributed by atoms with Crippen LogP contribution in [0.2, 0.25) is 0 Å². The molecule has 3 rings (SSSR count). The highest BCUT2D eigenvalue weighted by molar-refractivity contribution is 7.11. The van der Waals surface area contributed by atoms with Crippen molar-refractivity contribution in [3.8, 4) is 0 Å². The lowest BCUT2D eigenvalue weighted by Crippen LogP contribution is -2.04. The Labute approximate surface area is 100 Å². The first kappa shape index (κ1) is 10.1. The van der Waals surface area contributed by atoms with Gasteiger partial charge in [-0.1, -0.05) is 0 Å². The van der Waals surface area contributed by atoms with Crippen molar-refractivity contribution in [1.29, 1.82) is 0 Å². The summed E-state index contributed by atoms with van der Waals surface area (Å²) in [4.78, 5) is 5.46. The van der Waals surface area contributed by atoms with Gasteiger partial charge in [-0.2, -0.15) is 0 Å². The Morgan fingerprint density at radius 3 is 3.18 bits per heavy atom. The van der Waals surface area contributed by atoms with E-state index in [4.69, 9.17) is 0 Å². The van der Waals surface area contributed by atoms with Gasteiger partial charge in [0.15, 0.2) is 5.65 Å². The van der Waals surface area contributed by atoms with Crippen LogP contribution in [0.25, 0.3) is 5.65 Å². The Balaban J connectivity index is 1.76. The average Bonchev–Trinajstić information content (AvgIpc) is 2.94. The Morgan fingerprint density at radius 1 is 1.41 bits per heavy atom. The zero-order chi connectivity index (χ0) is 11.7. The van der Waals surface area contributed by atoms with E-state index >= 15 is 0 Å². The van der Waals surface area contributed by atoms with Crippen molar-refractivity contribution in [3.05, 3.63) is 28.2 Å². The summed E-state index contributed by atoms with van der Waals surface area (Å²) >= 11 is 1.66. The third-order valence-corrected chi connectivity index (χ3v) is 3.07. The highest BCUT2D eigenvalue weighted by atomic mass is 32.1. The lowest BCUT2D eigenvalue weighted by atomic mass is 10.5. The normalized spacial score (nSPS) is 10.9. The molecule has 0 spiro atoms. The van der Waals surface area contributed by atoms with Gasteiger partial charge < -0.3 is 5.32 Å². The van der Waals surface area contributed by atoms with Crippen molar-refractivity contribution in [3.63, 3.8) is 0 Å². The second kappa shape index (κ2) is 4.06. The lowest BCUT2D eigenvalue weighted by molar-refractivity contribution is 0.734. The Hall–Kier alpha value is -2.09. The molecule has 0 aromatic carbocycles. The quantitative estimate of drug-likeness (QED) is 0.740. The molecule has 7 nitrogen and oxygen atoms in total. The monoisotopic (exact) mass is 247 g/mol. The fourth-order valence-electron chi connectivity index (χ4n) is 1.39. The van der Waals surface area contributed by atoms with Gasteiger partial charge in [-0.15, -0.1) is 26.2 Å². The number of aryl methyl sites for hydroxylation is 1. The van der Waals surface area contributed by atoms with E-state index in [9.17, 15) is 0 Å². The summed E-state index contributed by atoms with van der Waals surface area (Å²) in [5.74, 6) is 0.720. The van der Waals surface area contributed by atoms with Crippen molar-refractivity contribution in [2.24, 2.45) is 0 Å². The van der Waals surface area contributed by atoms with E-state index in [1.807, 2.05) is 25.3 Å². The molecule has 0 amide bonds. The summed E-state index contributed by atoms with van der Waals surface area (Å²) in [7, 11) is 0. The molecule has 3 aromatic heterocycles. The fourth-order valence-corrected chi connectivity index (χ4v) is 2.12. The molecule has 0 unspecified atom stereocenters. The predicted molar refractivity (Wildman–Crippen MR) is 62.8 cm³/mol. The third-order valence-electron chi connectivity index (χ3n) is 2.16. The zero-order valence-electron chi connectivity index (χ0n) is 9.03. The molecule has 3 aromatic rings. The molecule has 0 bridgehead atoms. The number of anilines is 1. The maximum Gasteiger partial charge on any atom is 0.200 e. The number of tetrazole rings is 1. The molecule has 0 atom stereocenters. The van der Waals surface area contributed by atoms with Gasteiger partial charge in [0.25, 0.3) is 0 Å². The second-order valence-corrected chi connectivity index (χ2v) is 4.78. The van der Waals surface area contributed by atoms with Crippen LogP contribution >= 0.6 is 11.3 Å². The molecule has 0 aliphatic rings. The van der Waals surface area contributed by atoms with Gasteiger partial charge in [0, 0.05) is 11.1 Å². The minimum atomic E-state index is 0.626. The molecule has 3 heterocycles. The summed E-state index contributed by atoms with van der Waals surface area (Å²) in [6, 6.07) is 3.65. The highest BCUT2D eigenvalue weighted by Crippen LogP contribution is 2.12. The van der Waals surface area contributed by atoms with Gasteiger partial charge in [-0.05, 0) is 29.5 Å². The van der Waals surface area contributed by atoms with Crippen LogP contribution in [0, 0.1) is 6.92 Å². The highest BCUT2D eigenvalue weighted by Gasteiger charge is 2.02. The first-order valence-corrected chi connectivity index (χ1v) is 5.83. The van der Waals surface area contributed by atoms with Crippen molar-refractivity contribution >= 4 is 22.8 Å². The van der Waals surface area contributed by atoms with E-state index in [1.54, 1.807) is 11.3 Å². The van der Waals surface area contributed by atoms with Crippen LogP contribution in [-0.4, -0.2) is 30.2 Å². The van der Waals surface area contributed by atoms with Crippen LogP contribution in [0.3, 0.4) is 0 Å². The molecule has 17 heavy (non-hydrogen) atoms. The second-order valence-electron chi connectivity index (χ2n) is 3.46. The van der Waals surface area contributed by atoms with Gasteiger partial charge in [-0.25, -0.2) is 4.98 Å². The van der Waals surface area contributed by atoms with Gasteiger partial charge in [0.05, 0.1) is 6.54 Å². The summed E-state index contributed by atoms with van der Waals surface area (Å²) < 4.78 is 1.38. The van der Waals surface area contributed by atoms with Crippen LogP contribution < -0.4 is 5.32 Å². The smallest absolute Gasteiger partial charge is 0.200 e. The van der Waals surface area contributed by atoms with Gasteiger partial charge in [-0.3, -0.25) is 0 Å². The number of hydrogen-bond acceptors (Lipinski definition) is 7. The number of hydrogen-bond donors (Lipinski definition) is 1. The van der Waals surface area contributed by atoms with Crippen molar-refractivity contribution < 1.29 is 0 Å². The molecule has 86 valence electrons. The standard InChI is InChI=1S/C9H9N7S/c1-6-4-11-9(17-6)5-10-7-2-3-8-12-14-15-16(8)13-7/h2-4H,5H2,1H3,(H,10,13). The van der Waals surface area contributed by atoms with Crippen molar-refractivity contribution in [1.82, 2.24) is 30.2 Å². The van der Waals surface area contributed by atoms with Gasteiger partial charge in [0.2, 0.25) is 0 Å². The maximum atomic E-state index is 4.26. The van der Waals surface area contributed by atoms with Crippen LogP contribution in [-0.2, 0) is 6.54 Å². The van der Waals surface area contributed by atoms with Gasteiger partial charge >= 0.3 is 0 Å². The maximum absolute atomic E-state index is 4.26. The molecule has 0 saturated heterocycles. The van der Waals surface area contributed by atoms with E-state index in [1.165, 1.54) is 9.51 Å². The molecule has 1 N–H and O–H groups in total. The minimum absolute atomic E-state index is 0.626. The minimum Gasteiger partial charge on any atom is -0.362 e. The third kappa shape index (κ3) is 2.07. The average molecular weight is 247 g/mol. The van der Waals surface area contributed by atoms with Crippen LogP contribution in [0.4, 0.5) is 5.82 Å². The number of rotatable bonds is 3. The SMILES string of the molecule is Cc1cnc(CNc2ccc3nnnn3n2)s1. The first-order valence-electron chi connectivity index (χ1n) is 5.02.